The van der Waals surface area contributed by atoms with Crippen LogP contribution in [-0.2, 0) is 0 Å². The molecule has 0 saturated carbocycles. The summed E-state index contributed by atoms with van der Waals surface area (Å²) in [5.74, 6) is 0.495. The maximum Gasteiger partial charge on any atom is 0.257 e. The quantitative estimate of drug-likeness (QED) is 0.715. The van der Waals surface area contributed by atoms with Crippen molar-refractivity contribution in [1.29, 1.82) is 0 Å². The smallest absolute Gasteiger partial charge is 0.257 e. The molecule has 4 rings (SSSR count). The highest BCUT2D eigenvalue weighted by molar-refractivity contribution is 5.99. The second-order valence-electron chi connectivity index (χ2n) is 6.58. The lowest BCUT2D eigenvalue weighted by atomic mass is 10.0. The zero-order valence-corrected chi connectivity index (χ0v) is 15.4. The Balaban J connectivity index is 1.36. The Morgan fingerprint density at radius 3 is 2.93 bits per heavy atom. The summed E-state index contributed by atoms with van der Waals surface area (Å²) in [6.07, 6.45) is 8.14. The summed E-state index contributed by atoms with van der Waals surface area (Å²) >= 11 is 0. The van der Waals surface area contributed by atoms with Crippen molar-refractivity contribution in [2.45, 2.75) is 19.4 Å². The van der Waals surface area contributed by atoms with E-state index in [1.165, 1.54) is 16.8 Å². The van der Waals surface area contributed by atoms with Crippen molar-refractivity contribution in [2.75, 3.05) is 6.54 Å². The van der Waals surface area contributed by atoms with Gasteiger partial charge in [0.15, 0.2) is 5.65 Å². The van der Waals surface area contributed by atoms with Gasteiger partial charge in [0.25, 0.3) is 5.91 Å². The van der Waals surface area contributed by atoms with E-state index in [9.17, 15) is 9.90 Å². The van der Waals surface area contributed by atoms with Crippen LogP contribution in [0.1, 0.15) is 22.5 Å². The summed E-state index contributed by atoms with van der Waals surface area (Å²) < 4.78 is 7.14. The number of carbonyl (C=O) groups excluding carboxylic acids is 1. The van der Waals surface area contributed by atoms with Gasteiger partial charge in [-0.1, -0.05) is 30.4 Å². The fraction of sp³-hybridized carbons (Fsp3) is 0.190. The monoisotopic (exact) mass is 376 g/mol. The minimum Gasteiger partial charge on any atom is -0.493 e. The average Bonchev–Trinajstić information content (AvgIpc) is 3.12. The Kier molecular flexibility index (Phi) is 4.80. The van der Waals surface area contributed by atoms with Gasteiger partial charge >= 0.3 is 0 Å². The van der Waals surface area contributed by atoms with Crippen LogP contribution in [0.2, 0.25) is 0 Å². The maximum absolute atomic E-state index is 12.5. The number of carbonyl (C=O) groups is 1. The Hall–Kier alpha value is -3.61. The summed E-state index contributed by atoms with van der Waals surface area (Å²) in [6.45, 7) is 2.14. The molecule has 2 N–H and O–H groups in total. The second-order valence-corrected chi connectivity index (χ2v) is 6.58. The number of aromatic nitrogens is 3. The SMILES string of the molecule is Cc1cc(O)n2ncc(C(=O)NCC3=CCC(Oc4ccccc4)C=C3)c2n1. The largest absolute Gasteiger partial charge is 0.493 e. The van der Waals surface area contributed by atoms with Crippen LogP contribution in [-0.4, -0.2) is 38.3 Å². The van der Waals surface area contributed by atoms with Gasteiger partial charge in [0.2, 0.25) is 5.88 Å². The third kappa shape index (κ3) is 3.73. The van der Waals surface area contributed by atoms with Crippen molar-refractivity contribution in [3.8, 4) is 11.6 Å². The van der Waals surface area contributed by atoms with Crippen molar-refractivity contribution in [3.63, 3.8) is 0 Å². The molecule has 1 unspecified atom stereocenters. The summed E-state index contributed by atoms with van der Waals surface area (Å²) in [4.78, 5) is 16.8. The number of aryl methyl sites for hydroxylation is 1. The van der Waals surface area contributed by atoms with E-state index in [2.05, 4.69) is 21.5 Å². The van der Waals surface area contributed by atoms with Crippen molar-refractivity contribution < 1.29 is 14.6 Å². The molecule has 1 atom stereocenters. The zero-order valence-electron chi connectivity index (χ0n) is 15.4. The third-order valence-corrected chi connectivity index (χ3v) is 4.45. The first kappa shape index (κ1) is 17.8. The molecule has 1 aliphatic carbocycles. The fourth-order valence-electron chi connectivity index (χ4n) is 3.04. The molecule has 7 nitrogen and oxygen atoms in total. The summed E-state index contributed by atoms with van der Waals surface area (Å²) in [5, 5.41) is 16.8. The van der Waals surface area contributed by atoms with Gasteiger partial charge in [0.1, 0.15) is 17.4 Å². The zero-order chi connectivity index (χ0) is 19.5. The lowest BCUT2D eigenvalue weighted by Gasteiger charge is -2.18. The number of nitrogens with one attached hydrogen (secondary N) is 1. The molecule has 3 aromatic rings. The maximum atomic E-state index is 12.5. The summed E-state index contributed by atoms with van der Waals surface area (Å²) in [5.41, 5.74) is 2.27. The molecule has 142 valence electrons. The Morgan fingerprint density at radius 2 is 2.18 bits per heavy atom. The van der Waals surface area contributed by atoms with Crippen LogP contribution in [0.15, 0.2) is 66.4 Å². The van der Waals surface area contributed by atoms with E-state index in [0.717, 1.165) is 17.7 Å². The number of hydrogen-bond acceptors (Lipinski definition) is 5. The van der Waals surface area contributed by atoms with Gasteiger partial charge in [-0.15, -0.1) is 0 Å². The first-order valence-corrected chi connectivity index (χ1v) is 9.01. The first-order valence-electron chi connectivity index (χ1n) is 9.01. The molecular formula is C21H20N4O3. The van der Waals surface area contributed by atoms with E-state index >= 15 is 0 Å². The Bertz CT molecular complexity index is 1070. The normalized spacial score (nSPS) is 16.0. The molecule has 1 aromatic carbocycles. The van der Waals surface area contributed by atoms with Crippen LogP contribution in [0, 0.1) is 6.92 Å². The topological polar surface area (TPSA) is 88.8 Å². The number of ether oxygens (including phenoxy) is 1. The van der Waals surface area contributed by atoms with E-state index < -0.39 is 0 Å². The predicted molar refractivity (Wildman–Crippen MR) is 104 cm³/mol. The first-order chi connectivity index (χ1) is 13.6. The van der Waals surface area contributed by atoms with E-state index in [0.29, 0.717) is 23.4 Å². The number of rotatable bonds is 5. The molecule has 0 spiro atoms. The van der Waals surface area contributed by atoms with Gasteiger partial charge in [-0.05, 0) is 30.7 Å². The molecule has 0 radical (unpaired) electrons. The van der Waals surface area contributed by atoms with Crippen LogP contribution < -0.4 is 10.1 Å². The second kappa shape index (κ2) is 7.56. The van der Waals surface area contributed by atoms with E-state index in [1.54, 1.807) is 6.92 Å². The van der Waals surface area contributed by atoms with Crippen LogP contribution >= 0.6 is 0 Å². The summed E-state index contributed by atoms with van der Waals surface area (Å²) in [6, 6.07) is 11.2. The predicted octanol–water partition coefficient (Wildman–Crippen LogP) is 2.81. The molecule has 2 aromatic heterocycles. The Labute approximate surface area is 162 Å². The van der Waals surface area contributed by atoms with Crippen molar-refractivity contribution in [2.24, 2.45) is 0 Å². The van der Waals surface area contributed by atoms with Gasteiger partial charge in [-0.2, -0.15) is 9.61 Å². The minimum absolute atomic E-state index is 0.0170. The highest BCUT2D eigenvalue weighted by Crippen LogP contribution is 2.19. The van der Waals surface area contributed by atoms with Gasteiger partial charge in [0, 0.05) is 24.7 Å². The van der Waals surface area contributed by atoms with E-state index in [1.807, 2.05) is 42.5 Å². The highest BCUT2D eigenvalue weighted by Gasteiger charge is 2.17. The molecule has 0 fully saturated rings. The van der Waals surface area contributed by atoms with Gasteiger partial charge in [0.05, 0.1) is 6.20 Å². The molecule has 7 heteroatoms. The number of para-hydroxylation sites is 1. The molecular weight excluding hydrogens is 356 g/mol. The number of fused-ring (bicyclic) bond motifs is 1. The van der Waals surface area contributed by atoms with Gasteiger partial charge < -0.3 is 15.2 Å². The van der Waals surface area contributed by atoms with Crippen LogP contribution in [0.25, 0.3) is 5.65 Å². The molecule has 0 saturated heterocycles. The molecule has 0 aliphatic heterocycles. The number of benzene rings is 1. The lowest BCUT2D eigenvalue weighted by Crippen LogP contribution is -2.26. The van der Waals surface area contributed by atoms with Gasteiger partial charge in [-0.3, -0.25) is 4.79 Å². The third-order valence-electron chi connectivity index (χ3n) is 4.45. The van der Waals surface area contributed by atoms with Crippen LogP contribution in [0.3, 0.4) is 0 Å². The average molecular weight is 376 g/mol. The van der Waals surface area contributed by atoms with Crippen molar-refractivity contribution in [3.05, 3.63) is 77.7 Å². The molecule has 2 heterocycles. The molecule has 0 bridgehead atoms. The Morgan fingerprint density at radius 1 is 1.36 bits per heavy atom. The minimum atomic E-state index is -0.288. The number of nitrogens with zero attached hydrogens (tertiary/aromatic N) is 3. The van der Waals surface area contributed by atoms with Crippen LogP contribution in [0.4, 0.5) is 0 Å². The molecule has 28 heavy (non-hydrogen) atoms. The van der Waals surface area contributed by atoms with Crippen molar-refractivity contribution >= 4 is 11.6 Å². The van der Waals surface area contributed by atoms with E-state index in [-0.39, 0.29) is 17.9 Å². The van der Waals surface area contributed by atoms with Crippen molar-refractivity contribution in [1.82, 2.24) is 19.9 Å². The van der Waals surface area contributed by atoms with E-state index in [4.69, 9.17) is 4.74 Å². The standard InChI is InChI=1S/C21H20N4O3/c1-14-11-19(26)25-20(24-14)18(13-23-25)21(27)22-12-15-7-9-17(10-8-15)28-16-5-3-2-4-6-16/h2-9,11,13,17,26H,10,12H2,1H3,(H,22,27). The van der Waals surface area contributed by atoms with Crippen LogP contribution in [0.5, 0.6) is 11.6 Å². The number of hydrogen-bond donors (Lipinski definition) is 2. The number of amides is 1. The summed E-state index contributed by atoms with van der Waals surface area (Å²) in [7, 11) is 0. The molecule has 1 aliphatic rings. The van der Waals surface area contributed by atoms with Gasteiger partial charge in [-0.25, -0.2) is 4.98 Å². The lowest BCUT2D eigenvalue weighted by molar-refractivity contribution is 0.0958. The highest BCUT2D eigenvalue weighted by atomic mass is 16.5. The fourth-order valence-corrected chi connectivity index (χ4v) is 3.04. The molecule has 1 amide bonds. The number of aromatic hydroxyl groups is 1.